The van der Waals surface area contributed by atoms with E-state index < -0.39 is 41.6 Å². The molecule has 4 atom stereocenters. The van der Waals surface area contributed by atoms with E-state index in [-0.39, 0.29) is 13.0 Å². The molecule has 1 aliphatic rings. The van der Waals surface area contributed by atoms with E-state index in [9.17, 15) is 9.59 Å². The third-order valence-corrected chi connectivity index (χ3v) is 4.66. The van der Waals surface area contributed by atoms with Crippen LogP contribution in [0.5, 0.6) is 0 Å². The molecule has 0 aliphatic carbocycles. The number of ether oxygens (including phenoxy) is 3. The molecular formula is C17H24FN3O5. The summed E-state index contributed by atoms with van der Waals surface area (Å²) in [6.45, 7) is 5.51. The maximum Gasteiger partial charge on any atom is 0.330 e. The van der Waals surface area contributed by atoms with Crippen LogP contribution in [0.4, 0.5) is 4.39 Å². The lowest BCUT2D eigenvalue weighted by atomic mass is 9.90. The van der Waals surface area contributed by atoms with Gasteiger partial charge in [0.05, 0.1) is 24.7 Å². The molecule has 144 valence electrons. The molecular weight excluding hydrogens is 345 g/mol. The van der Waals surface area contributed by atoms with Crippen LogP contribution >= 0.6 is 0 Å². The molecule has 1 N–H and O–H groups in total. The van der Waals surface area contributed by atoms with Gasteiger partial charge in [-0.15, -0.1) is 0 Å². The Morgan fingerprint density at radius 3 is 2.73 bits per heavy atom. The van der Waals surface area contributed by atoms with Crippen molar-refractivity contribution in [3.63, 3.8) is 0 Å². The Balaban J connectivity index is 2.26. The molecule has 0 radical (unpaired) electrons. The van der Waals surface area contributed by atoms with Gasteiger partial charge in [-0.05, 0) is 19.8 Å². The third-order valence-electron chi connectivity index (χ3n) is 4.66. The summed E-state index contributed by atoms with van der Waals surface area (Å²) in [6, 6.07) is 3.09. The number of aromatic nitrogens is 2. The molecule has 0 aromatic carbocycles. The molecule has 1 aliphatic heterocycles. The Morgan fingerprint density at radius 1 is 1.46 bits per heavy atom. The molecule has 1 aromatic heterocycles. The van der Waals surface area contributed by atoms with Gasteiger partial charge in [0, 0.05) is 12.3 Å². The largest absolute Gasteiger partial charge is 0.352 e. The van der Waals surface area contributed by atoms with Gasteiger partial charge in [-0.2, -0.15) is 5.26 Å². The second kappa shape index (κ2) is 8.58. The SMILES string of the molecule is CCC1(CC)O[C@@H](n2ccc(=O)[nH]c2=O)C(F)[C@H]1OC(C)OCCC#N. The Bertz CT molecular complexity index is 752. The first-order valence-electron chi connectivity index (χ1n) is 8.66. The Hall–Kier alpha value is -2.02. The summed E-state index contributed by atoms with van der Waals surface area (Å²) in [7, 11) is 0. The van der Waals surface area contributed by atoms with Crippen molar-refractivity contribution in [1.82, 2.24) is 9.55 Å². The van der Waals surface area contributed by atoms with Crippen molar-refractivity contribution < 1.29 is 18.6 Å². The van der Waals surface area contributed by atoms with E-state index in [0.717, 1.165) is 10.6 Å². The predicted octanol–water partition coefficient (Wildman–Crippen LogP) is 1.62. The van der Waals surface area contributed by atoms with E-state index in [2.05, 4.69) is 4.98 Å². The molecule has 0 bridgehead atoms. The van der Waals surface area contributed by atoms with Crippen LogP contribution in [0.1, 0.15) is 46.3 Å². The summed E-state index contributed by atoms with van der Waals surface area (Å²) < 4.78 is 33.3. The number of hydrogen-bond donors (Lipinski definition) is 1. The van der Waals surface area contributed by atoms with Crippen molar-refractivity contribution in [1.29, 1.82) is 5.26 Å². The maximum atomic E-state index is 15.2. The lowest BCUT2D eigenvalue weighted by molar-refractivity contribution is -0.202. The molecule has 0 spiro atoms. The average Bonchev–Trinajstić information content (AvgIpc) is 2.88. The first kappa shape index (κ1) is 20.3. The number of nitriles is 1. The number of nitrogens with one attached hydrogen (secondary N) is 1. The summed E-state index contributed by atoms with van der Waals surface area (Å²) in [5.41, 5.74) is -2.25. The van der Waals surface area contributed by atoms with Gasteiger partial charge in [0.1, 0.15) is 6.10 Å². The Morgan fingerprint density at radius 2 is 2.15 bits per heavy atom. The van der Waals surface area contributed by atoms with Crippen LogP contribution in [0.15, 0.2) is 21.9 Å². The molecule has 1 saturated heterocycles. The number of aromatic amines is 1. The molecule has 2 heterocycles. The minimum absolute atomic E-state index is 0.177. The van der Waals surface area contributed by atoms with Gasteiger partial charge in [-0.25, -0.2) is 9.18 Å². The number of alkyl halides is 1. The van der Waals surface area contributed by atoms with E-state index >= 15 is 4.39 Å². The quantitative estimate of drug-likeness (QED) is 0.551. The summed E-state index contributed by atoms with van der Waals surface area (Å²) in [4.78, 5) is 25.4. The second-order valence-corrected chi connectivity index (χ2v) is 6.15. The normalized spacial score (nSPS) is 25.7. The van der Waals surface area contributed by atoms with Crippen LogP contribution < -0.4 is 11.2 Å². The van der Waals surface area contributed by atoms with Crippen LogP contribution in [-0.4, -0.2) is 40.3 Å². The molecule has 9 heteroatoms. The minimum atomic E-state index is -1.64. The zero-order valence-electron chi connectivity index (χ0n) is 15.1. The monoisotopic (exact) mass is 369 g/mol. The lowest BCUT2D eigenvalue weighted by Crippen LogP contribution is -2.45. The molecule has 26 heavy (non-hydrogen) atoms. The minimum Gasteiger partial charge on any atom is -0.352 e. The molecule has 2 rings (SSSR count). The van der Waals surface area contributed by atoms with E-state index in [4.69, 9.17) is 19.5 Å². The summed E-state index contributed by atoms with van der Waals surface area (Å²) >= 11 is 0. The van der Waals surface area contributed by atoms with Crippen molar-refractivity contribution in [3.8, 4) is 6.07 Å². The van der Waals surface area contributed by atoms with Gasteiger partial charge in [0.25, 0.3) is 5.56 Å². The van der Waals surface area contributed by atoms with Crippen LogP contribution in [-0.2, 0) is 14.2 Å². The van der Waals surface area contributed by atoms with Gasteiger partial charge in [0.2, 0.25) is 0 Å². The van der Waals surface area contributed by atoms with Gasteiger partial charge in [-0.1, -0.05) is 13.8 Å². The zero-order valence-corrected chi connectivity index (χ0v) is 15.1. The highest BCUT2D eigenvalue weighted by Gasteiger charge is 2.56. The molecule has 1 fully saturated rings. The number of halogens is 1. The van der Waals surface area contributed by atoms with Crippen LogP contribution in [0.2, 0.25) is 0 Å². The molecule has 8 nitrogen and oxygen atoms in total. The topological polar surface area (TPSA) is 106 Å². The highest BCUT2D eigenvalue weighted by Crippen LogP contribution is 2.44. The van der Waals surface area contributed by atoms with Crippen molar-refractivity contribution in [3.05, 3.63) is 33.1 Å². The number of rotatable bonds is 8. The highest BCUT2D eigenvalue weighted by molar-refractivity contribution is 5.02. The van der Waals surface area contributed by atoms with E-state index in [1.807, 2.05) is 19.9 Å². The fourth-order valence-corrected chi connectivity index (χ4v) is 3.18. The third kappa shape index (κ3) is 4.03. The lowest BCUT2D eigenvalue weighted by Gasteiger charge is -2.33. The molecule has 2 unspecified atom stereocenters. The first-order chi connectivity index (χ1) is 12.4. The fraction of sp³-hybridized carbons (Fsp3) is 0.706. The Kier molecular flexibility index (Phi) is 6.69. The number of H-pyrrole nitrogens is 1. The van der Waals surface area contributed by atoms with Crippen LogP contribution in [0, 0.1) is 11.3 Å². The van der Waals surface area contributed by atoms with Crippen molar-refractivity contribution in [2.45, 2.75) is 70.4 Å². The van der Waals surface area contributed by atoms with Crippen molar-refractivity contribution >= 4 is 0 Å². The fourth-order valence-electron chi connectivity index (χ4n) is 3.18. The van der Waals surface area contributed by atoms with Gasteiger partial charge in [0.15, 0.2) is 18.7 Å². The maximum absolute atomic E-state index is 15.2. The van der Waals surface area contributed by atoms with Crippen molar-refractivity contribution in [2.75, 3.05) is 6.61 Å². The number of hydrogen-bond acceptors (Lipinski definition) is 6. The second-order valence-electron chi connectivity index (χ2n) is 6.15. The van der Waals surface area contributed by atoms with Crippen LogP contribution in [0.3, 0.4) is 0 Å². The van der Waals surface area contributed by atoms with E-state index in [1.165, 1.54) is 6.20 Å². The van der Waals surface area contributed by atoms with Crippen LogP contribution in [0.25, 0.3) is 0 Å². The average molecular weight is 369 g/mol. The van der Waals surface area contributed by atoms with Gasteiger partial charge in [-0.3, -0.25) is 14.3 Å². The summed E-state index contributed by atoms with van der Waals surface area (Å²) in [6.07, 6.45) is -2.20. The molecule has 1 aromatic rings. The Labute approximate surface area is 150 Å². The van der Waals surface area contributed by atoms with E-state index in [1.54, 1.807) is 6.92 Å². The highest BCUT2D eigenvalue weighted by atomic mass is 19.1. The smallest absolute Gasteiger partial charge is 0.330 e. The van der Waals surface area contributed by atoms with Gasteiger partial charge < -0.3 is 14.2 Å². The van der Waals surface area contributed by atoms with E-state index in [0.29, 0.717) is 12.8 Å². The first-order valence-corrected chi connectivity index (χ1v) is 8.66. The summed E-state index contributed by atoms with van der Waals surface area (Å²) in [5.74, 6) is 0. The summed E-state index contributed by atoms with van der Waals surface area (Å²) in [5, 5.41) is 8.56. The number of nitrogens with zero attached hydrogens (tertiary/aromatic N) is 2. The standard InChI is InChI=1S/C17H24FN3O5/c1-4-17(5-2)14(25-11(3)24-10-6-8-19)13(18)15(26-17)21-9-7-12(22)20-16(21)23/h7,9,11,13-15H,4-6,10H2,1-3H3,(H,20,22,23)/t11?,13?,14-,15-/m1/s1. The van der Waals surface area contributed by atoms with Crippen molar-refractivity contribution in [2.24, 2.45) is 0 Å². The molecule has 0 amide bonds. The molecule has 0 saturated carbocycles. The predicted molar refractivity (Wildman–Crippen MR) is 90.2 cm³/mol. The van der Waals surface area contributed by atoms with Gasteiger partial charge >= 0.3 is 5.69 Å². The zero-order chi connectivity index (χ0) is 19.3.